The summed E-state index contributed by atoms with van der Waals surface area (Å²) in [6.45, 7) is 7.53. The predicted octanol–water partition coefficient (Wildman–Crippen LogP) is 0.675. The number of likely N-dealkylation sites (tertiary alicyclic amines) is 1. The summed E-state index contributed by atoms with van der Waals surface area (Å²) in [6, 6.07) is 0. The summed E-state index contributed by atoms with van der Waals surface area (Å²) in [7, 11) is 0. The summed E-state index contributed by atoms with van der Waals surface area (Å²) in [6.07, 6.45) is 0. The number of carboxylic acid groups (broad SMARTS) is 1. The van der Waals surface area contributed by atoms with Crippen LogP contribution in [0.1, 0.15) is 13.8 Å². The molecule has 0 saturated carbocycles. The van der Waals surface area contributed by atoms with E-state index in [2.05, 4.69) is 6.92 Å². The highest BCUT2D eigenvalue weighted by Gasteiger charge is 2.30. The summed E-state index contributed by atoms with van der Waals surface area (Å²) < 4.78 is 5.37. The van der Waals surface area contributed by atoms with Gasteiger partial charge in [0, 0.05) is 19.7 Å². The van der Waals surface area contributed by atoms with E-state index >= 15 is 0 Å². The van der Waals surface area contributed by atoms with Crippen LogP contribution in [0, 0.1) is 11.8 Å². The lowest BCUT2D eigenvalue weighted by Crippen LogP contribution is -2.28. The van der Waals surface area contributed by atoms with Gasteiger partial charge >= 0.3 is 5.97 Å². The minimum absolute atomic E-state index is 0.160. The lowest BCUT2D eigenvalue weighted by molar-refractivity contribution is -0.138. The van der Waals surface area contributed by atoms with Crippen molar-refractivity contribution >= 4 is 5.97 Å². The van der Waals surface area contributed by atoms with Gasteiger partial charge in [-0.25, -0.2) is 0 Å². The zero-order valence-corrected chi connectivity index (χ0v) is 8.90. The fraction of sp³-hybridized carbons (Fsp3) is 0.900. The monoisotopic (exact) mass is 201 g/mol. The third kappa shape index (κ3) is 3.27. The Labute approximate surface area is 84.8 Å². The molecule has 82 valence electrons. The van der Waals surface area contributed by atoms with E-state index in [1.165, 1.54) is 0 Å². The minimum Gasteiger partial charge on any atom is -0.480 e. The second kappa shape index (κ2) is 5.32. The van der Waals surface area contributed by atoms with Gasteiger partial charge in [0.15, 0.2) is 0 Å². The zero-order valence-electron chi connectivity index (χ0n) is 8.90. The van der Waals surface area contributed by atoms with Crippen LogP contribution in [-0.2, 0) is 9.53 Å². The molecular weight excluding hydrogens is 182 g/mol. The van der Waals surface area contributed by atoms with Gasteiger partial charge in [-0.05, 0) is 18.8 Å². The fourth-order valence-corrected chi connectivity index (χ4v) is 1.95. The van der Waals surface area contributed by atoms with E-state index < -0.39 is 5.97 Å². The van der Waals surface area contributed by atoms with Crippen LogP contribution in [0.3, 0.4) is 0 Å². The Bertz CT molecular complexity index is 196. The van der Waals surface area contributed by atoms with Crippen molar-refractivity contribution in [2.75, 3.05) is 32.8 Å². The van der Waals surface area contributed by atoms with Gasteiger partial charge in [-0.3, -0.25) is 9.69 Å². The maximum absolute atomic E-state index is 10.5. The molecule has 0 unspecified atom stereocenters. The van der Waals surface area contributed by atoms with E-state index in [0.29, 0.717) is 11.8 Å². The highest BCUT2D eigenvalue weighted by atomic mass is 16.5. The summed E-state index contributed by atoms with van der Waals surface area (Å²) in [5.41, 5.74) is 0. The molecule has 0 aromatic heterocycles. The first-order valence-electron chi connectivity index (χ1n) is 5.15. The molecule has 0 bridgehead atoms. The van der Waals surface area contributed by atoms with E-state index in [-0.39, 0.29) is 6.54 Å². The smallest absolute Gasteiger partial charge is 0.317 e. The first-order valence-corrected chi connectivity index (χ1v) is 5.15. The van der Waals surface area contributed by atoms with E-state index in [1.807, 2.05) is 11.8 Å². The third-order valence-electron chi connectivity index (χ3n) is 2.74. The van der Waals surface area contributed by atoms with Gasteiger partial charge in [0.05, 0.1) is 13.2 Å². The minimum atomic E-state index is -0.741. The van der Waals surface area contributed by atoms with Crippen LogP contribution in [0.2, 0.25) is 0 Å². The van der Waals surface area contributed by atoms with Crippen molar-refractivity contribution in [1.82, 2.24) is 4.90 Å². The molecule has 0 aliphatic carbocycles. The standard InChI is InChI=1S/C10H19NO3/c1-3-14-7-9-5-11(4-8(9)2)6-10(12)13/h8-9H,3-7H2,1-2H3,(H,12,13)/t8-,9+/m0/s1. The molecule has 1 fully saturated rings. The fourth-order valence-electron chi connectivity index (χ4n) is 1.95. The van der Waals surface area contributed by atoms with Crippen LogP contribution in [0.5, 0.6) is 0 Å². The summed E-state index contributed by atoms with van der Waals surface area (Å²) in [5.74, 6) is 0.296. The Morgan fingerprint density at radius 3 is 2.86 bits per heavy atom. The van der Waals surface area contributed by atoms with Crippen LogP contribution >= 0.6 is 0 Å². The Morgan fingerprint density at radius 1 is 1.57 bits per heavy atom. The van der Waals surface area contributed by atoms with E-state index in [9.17, 15) is 4.79 Å². The Hall–Kier alpha value is -0.610. The number of carboxylic acids is 1. The van der Waals surface area contributed by atoms with E-state index in [1.54, 1.807) is 0 Å². The van der Waals surface area contributed by atoms with Crippen molar-refractivity contribution < 1.29 is 14.6 Å². The average Bonchev–Trinajstić information content (AvgIpc) is 2.41. The molecule has 0 amide bonds. The largest absolute Gasteiger partial charge is 0.480 e. The first-order chi connectivity index (χ1) is 6.63. The lowest BCUT2D eigenvalue weighted by Gasteiger charge is -2.13. The van der Waals surface area contributed by atoms with Gasteiger partial charge in [0.25, 0.3) is 0 Å². The first kappa shape index (κ1) is 11.5. The SMILES string of the molecule is CCOC[C@H]1CN(CC(=O)O)C[C@@H]1C. The molecule has 1 heterocycles. The topological polar surface area (TPSA) is 49.8 Å². The van der Waals surface area contributed by atoms with Crippen molar-refractivity contribution in [2.24, 2.45) is 11.8 Å². The number of ether oxygens (including phenoxy) is 1. The van der Waals surface area contributed by atoms with Crippen molar-refractivity contribution in [3.63, 3.8) is 0 Å². The molecule has 1 N–H and O–H groups in total. The number of nitrogens with zero attached hydrogens (tertiary/aromatic N) is 1. The van der Waals surface area contributed by atoms with Gasteiger partial charge < -0.3 is 9.84 Å². The quantitative estimate of drug-likeness (QED) is 0.710. The molecule has 0 aromatic carbocycles. The number of hydrogen-bond donors (Lipinski definition) is 1. The molecule has 1 saturated heterocycles. The summed E-state index contributed by atoms with van der Waals surface area (Å²) in [4.78, 5) is 12.5. The van der Waals surface area contributed by atoms with Crippen LogP contribution in [0.15, 0.2) is 0 Å². The van der Waals surface area contributed by atoms with Gasteiger partial charge in [-0.2, -0.15) is 0 Å². The Morgan fingerprint density at radius 2 is 2.29 bits per heavy atom. The van der Waals surface area contributed by atoms with E-state index in [0.717, 1.165) is 26.3 Å². The normalized spacial score (nSPS) is 28.1. The zero-order chi connectivity index (χ0) is 10.6. The molecule has 1 rings (SSSR count). The van der Waals surface area contributed by atoms with Crippen molar-refractivity contribution in [3.05, 3.63) is 0 Å². The number of aliphatic carboxylic acids is 1. The molecule has 0 radical (unpaired) electrons. The molecule has 0 aromatic rings. The van der Waals surface area contributed by atoms with Crippen molar-refractivity contribution in [3.8, 4) is 0 Å². The van der Waals surface area contributed by atoms with E-state index in [4.69, 9.17) is 9.84 Å². The highest BCUT2D eigenvalue weighted by Crippen LogP contribution is 2.22. The van der Waals surface area contributed by atoms with Gasteiger partial charge in [0.2, 0.25) is 0 Å². The van der Waals surface area contributed by atoms with Gasteiger partial charge in [-0.15, -0.1) is 0 Å². The molecular formula is C10H19NO3. The van der Waals surface area contributed by atoms with Crippen LogP contribution in [0.25, 0.3) is 0 Å². The third-order valence-corrected chi connectivity index (χ3v) is 2.74. The van der Waals surface area contributed by atoms with Crippen molar-refractivity contribution in [1.29, 1.82) is 0 Å². The Kier molecular flexibility index (Phi) is 4.35. The number of rotatable bonds is 5. The van der Waals surface area contributed by atoms with Crippen molar-refractivity contribution in [2.45, 2.75) is 13.8 Å². The molecule has 2 atom stereocenters. The lowest BCUT2D eigenvalue weighted by atomic mass is 9.99. The van der Waals surface area contributed by atoms with Crippen LogP contribution < -0.4 is 0 Å². The second-order valence-electron chi connectivity index (χ2n) is 3.98. The molecule has 4 heteroatoms. The maximum atomic E-state index is 10.5. The summed E-state index contributed by atoms with van der Waals surface area (Å²) in [5, 5.41) is 8.65. The predicted molar refractivity (Wildman–Crippen MR) is 53.2 cm³/mol. The number of carbonyl (C=O) groups is 1. The molecule has 14 heavy (non-hydrogen) atoms. The number of hydrogen-bond acceptors (Lipinski definition) is 3. The molecule has 1 aliphatic heterocycles. The van der Waals surface area contributed by atoms with Crippen LogP contribution in [-0.4, -0.2) is 48.8 Å². The van der Waals surface area contributed by atoms with Gasteiger partial charge in [0.1, 0.15) is 0 Å². The summed E-state index contributed by atoms with van der Waals surface area (Å²) >= 11 is 0. The van der Waals surface area contributed by atoms with Crippen LogP contribution in [0.4, 0.5) is 0 Å². The average molecular weight is 201 g/mol. The Balaban J connectivity index is 2.31. The second-order valence-corrected chi connectivity index (χ2v) is 3.98. The maximum Gasteiger partial charge on any atom is 0.317 e. The van der Waals surface area contributed by atoms with Gasteiger partial charge in [-0.1, -0.05) is 6.92 Å². The highest BCUT2D eigenvalue weighted by molar-refractivity contribution is 5.69. The molecule has 4 nitrogen and oxygen atoms in total. The molecule has 1 aliphatic rings. The molecule has 0 spiro atoms.